The van der Waals surface area contributed by atoms with Gasteiger partial charge in [0.05, 0.1) is 19.5 Å². The molecule has 0 spiro atoms. The molecule has 3 aromatic carbocycles. The van der Waals surface area contributed by atoms with Crippen molar-refractivity contribution in [3.63, 3.8) is 0 Å². The van der Waals surface area contributed by atoms with Crippen molar-refractivity contribution in [2.45, 2.75) is 17.1 Å². The van der Waals surface area contributed by atoms with Crippen molar-refractivity contribution in [2.75, 3.05) is 24.9 Å². The zero-order valence-corrected chi connectivity index (χ0v) is 18.4. The average molecular weight is 437 g/mol. The largest absolute Gasteiger partial charge is 0.497 e. The molecule has 3 aromatic rings. The third-order valence-electron chi connectivity index (χ3n) is 4.48. The molecule has 1 unspecified atom stereocenters. The summed E-state index contributed by atoms with van der Waals surface area (Å²) in [7, 11) is 3.17. The van der Waals surface area contributed by atoms with Crippen LogP contribution in [0.4, 0.5) is 11.4 Å². The molecule has 0 heterocycles. The summed E-state index contributed by atoms with van der Waals surface area (Å²) in [5, 5.41) is 5.46. The minimum atomic E-state index is -0.300. The number of hydrogen-bond acceptors (Lipinski definition) is 5. The van der Waals surface area contributed by atoms with Crippen LogP contribution in [-0.2, 0) is 4.79 Å². The van der Waals surface area contributed by atoms with Crippen molar-refractivity contribution < 1.29 is 19.1 Å². The Hall–Kier alpha value is -3.45. The monoisotopic (exact) mass is 436 g/mol. The topological polar surface area (TPSA) is 76.7 Å². The predicted molar refractivity (Wildman–Crippen MR) is 124 cm³/mol. The summed E-state index contributed by atoms with van der Waals surface area (Å²) in [6.07, 6.45) is 0. The van der Waals surface area contributed by atoms with Crippen molar-refractivity contribution in [1.82, 2.24) is 0 Å². The highest BCUT2D eigenvalue weighted by molar-refractivity contribution is 8.00. The number of methoxy groups -OCH3 is 2. The molecule has 0 aliphatic carbocycles. The van der Waals surface area contributed by atoms with E-state index >= 15 is 0 Å². The van der Waals surface area contributed by atoms with E-state index in [2.05, 4.69) is 10.6 Å². The van der Waals surface area contributed by atoms with Gasteiger partial charge in [-0.2, -0.15) is 0 Å². The van der Waals surface area contributed by atoms with E-state index in [1.807, 2.05) is 49.4 Å². The van der Waals surface area contributed by atoms with E-state index in [9.17, 15) is 9.59 Å². The summed E-state index contributed by atoms with van der Waals surface area (Å²) in [6, 6.07) is 21.5. The molecule has 0 radical (unpaired) electrons. The minimum Gasteiger partial charge on any atom is -0.497 e. The number of carbonyl (C=O) groups excluding carboxylic acids is 2. The fraction of sp³-hybridized carbons (Fsp3) is 0.167. The van der Waals surface area contributed by atoms with Gasteiger partial charge in [-0.3, -0.25) is 9.59 Å². The number of anilines is 2. The van der Waals surface area contributed by atoms with E-state index in [1.165, 1.54) is 11.8 Å². The standard InChI is InChI=1S/C24H24N2O4S/c1-16(23(27)26-19-5-4-6-21(15-19)30-3)31-22-13-9-18(10-14-22)25-24(28)17-7-11-20(29-2)12-8-17/h4-16H,1-3H3,(H,25,28)(H,26,27). The fourth-order valence-electron chi connectivity index (χ4n) is 2.76. The van der Waals surface area contributed by atoms with Crippen LogP contribution >= 0.6 is 11.8 Å². The van der Waals surface area contributed by atoms with Crippen molar-refractivity contribution in [1.29, 1.82) is 0 Å². The van der Waals surface area contributed by atoms with Gasteiger partial charge in [-0.25, -0.2) is 0 Å². The van der Waals surface area contributed by atoms with Crippen LogP contribution in [0.25, 0.3) is 0 Å². The quantitative estimate of drug-likeness (QED) is 0.482. The zero-order chi connectivity index (χ0) is 22.2. The molecule has 3 rings (SSSR count). The molecule has 0 saturated heterocycles. The number of amides is 2. The molecule has 0 saturated carbocycles. The first kappa shape index (κ1) is 22.2. The molecule has 31 heavy (non-hydrogen) atoms. The Morgan fingerprint density at radius 3 is 2.13 bits per heavy atom. The minimum absolute atomic E-state index is 0.102. The molecular formula is C24H24N2O4S. The van der Waals surface area contributed by atoms with Crippen LogP contribution in [0.1, 0.15) is 17.3 Å². The fourth-order valence-corrected chi connectivity index (χ4v) is 3.63. The molecule has 0 aromatic heterocycles. The summed E-state index contributed by atoms with van der Waals surface area (Å²) < 4.78 is 10.3. The van der Waals surface area contributed by atoms with Crippen molar-refractivity contribution >= 4 is 35.0 Å². The average Bonchev–Trinajstić information content (AvgIpc) is 2.80. The SMILES string of the molecule is COc1ccc(C(=O)Nc2ccc(SC(C)C(=O)Nc3cccc(OC)c3)cc2)cc1. The van der Waals surface area contributed by atoms with E-state index < -0.39 is 0 Å². The molecule has 0 aliphatic rings. The van der Waals surface area contributed by atoms with E-state index in [1.54, 1.807) is 44.6 Å². The van der Waals surface area contributed by atoms with Gasteiger partial charge < -0.3 is 20.1 Å². The molecule has 2 amide bonds. The lowest BCUT2D eigenvalue weighted by Crippen LogP contribution is -2.22. The highest BCUT2D eigenvalue weighted by Gasteiger charge is 2.15. The molecule has 7 heteroatoms. The molecule has 160 valence electrons. The van der Waals surface area contributed by atoms with E-state index in [-0.39, 0.29) is 17.1 Å². The van der Waals surface area contributed by atoms with Gasteiger partial charge in [0.25, 0.3) is 5.91 Å². The number of rotatable bonds is 8. The van der Waals surface area contributed by atoms with Crippen molar-refractivity contribution in [3.05, 3.63) is 78.4 Å². The summed E-state index contributed by atoms with van der Waals surface area (Å²) >= 11 is 1.44. The number of nitrogens with one attached hydrogen (secondary N) is 2. The summed E-state index contributed by atoms with van der Waals surface area (Å²) in [5.41, 5.74) is 1.91. The van der Waals surface area contributed by atoms with Gasteiger partial charge in [-0.05, 0) is 67.6 Å². The summed E-state index contributed by atoms with van der Waals surface area (Å²) in [4.78, 5) is 25.8. The Kier molecular flexibility index (Phi) is 7.56. The van der Waals surface area contributed by atoms with Gasteiger partial charge in [0, 0.05) is 27.9 Å². The van der Waals surface area contributed by atoms with Crippen LogP contribution < -0.4 is 20.1 Å². The van der Waals surface area contributed by atoms with Crippen LogP contribution in [0.15, 0.2) is 77.7 Å². The highest BCUT2D eigenvalue weighted by Crippen LogP contribution is 2.26. The lowest BCUT2D eigenvalue weighted by atomic mass is 10.2. The maximum atomic E-state index is 12.5. The van der Waals surface area contributed by atoms with Gasteiger partial charge >= 0.3 is 0 Å². The molecule has 0 bridgehead atoms. The Morgan fingerprint density at radius 1 is 0.806 bits per heavy atom. The lowest BCUT2D eigenvalue weighted by Gasteiger charge is -2.13. The predicted octanol–water partition coefficient (Wildman–Crippen LogP) is 5.08. The van der Waals surface area contributed by atoms with Gasteiger partial charge in [-0.1, -0.05) is 6.07 Å². The Labute approximate surface area is 186 Å². The third-order valence-corrected chi connectivity index (χ3v) is 5.60. The van der Waals surface area contributed by atoms with Crippen LogP contribution in [0.3, 0.4) is 0 Å². The van der Waals surface area contributed by atoms with E-state index in [4.69, 9.17) is 9.47 Å². The van der Waals surface area contributed by atoms with Gasteiger partial charge in [-0.15, -0.1) is 11.8 Å². The number of hydrogen-bond donors (Lipinski definition) is 2. The number of benzene rings is 3. The summed E-state index contributed by atoms with van der Waals surface area (Å²) in [6.45, 7) is 1.85. The Bertz CT molecular complexity index is 1040. The second kappa shape index (κ2) is 10.5. The van der Waals surface area contributed by atoms with Crippen LogP contribution in [0, 0.1) is 0 Å². The van der Waals surface area contributed by atoms with Crippen molar-refractivity contribution in [2.24, 2.45) is 0 Å². The molecule has 2 N–H and O–H groups in total. The Morgan fingerprint density at radius 2 is 1.48 bits per heavy atom. The van der Waals surface area contributed by atoms with Crippen LogP contribution in [0.2, 0.25) is 0 Å². The van der Waals surface area contributed by atoms with Gasteiger partial charge in [0.2, 0.25) is 5.91 Å². The maximum Gasteiger partial charge on any atom is 0.255 e. The van der Waals surface area contributed by atoms with Crippen LogP contribution in [0.5, 0.6) is 11.5 Å². The Balaban J connectivity index is 1.55. The zero-order valence-electron chi connectivity index (χ0n) is 17.5. The summed E-state index contributed by atoms with van der Waals surface area (Å²) in [5.74, 6) is 1.08. The molecule has 1 atom stereocenters. The second-order valence-electron chi connectivity index (χ2n) is 6.69. The first-order chi connectivity index (χ1) is 15.0. The number of carbonyl (C=O) groups is 2. The van der Waals surface area contributed by atoms with Crippen LogP contribution in [-0.4, -0.2) is 31.3 Å². The highest BCUT2D eigenvalue weighted by atomic mass is 32.2. The normalized spacial score (nSPS) is 11.3. The number of ether oxygens (including phenoxy) is 2. The first-order valence-electron chi connectivity index (χ1n) is 9.65. The van der Waals surface area contributed by atoms with Crippen molar-refractivity contribution in [3.8, 4) is 11.5 Å². The molecule has 0 fully saturated rings. The van der Waals surface area contributed by atoms with E-state index in [0.717, 1.165) is 4.90 Å². The maximum absolute atomic E-state index is 12.5. The second-order valence-corrected chi connectivity index (χ2v) is 8.10. The smallest absolute Gasteiger partial charge is 0.255 e. The third kappa shape index (κ3) is 6.26. The molecule has 0 aliphatic heterocycles. The van der Waals surface area contributed by atoms with E-state index in [0.29, 0.717) is 28.4 Å². The van der Waals surface area contributed by atoms with Gasteiger partial charge in [0.15, 0.2) is 0 Å². The molecular weight excluding hydrogens is 412 g/mol. The number of thioether (sulfide) groups is 1. The lowest BCUT2D eigenvalue weighted by molar-refractivity contribution is -0.115. The first-order valence-corrected chi connectivity index (χ1v) is 10.5. The van der Waals surface area contributed by atoms with Gasteiger partial charge in [0.1, 0.15) is 11.5 Å². The molecule has 6 nitrogen and oxygen atoms in total.